The number of pyridine rings is 1. The topological polar surface area (TPSA) is 94.8 Å². The molecule has 4 rings (SSSR count). The van der Waals surface area contributed by atoms with E-state index in [0.717, 1.165) is 23.2 Å². The molecule has 1 fully saturated rings. The van der Waals surface area contributed by atoms with Gasteiger partial charge in [-0.05, 0) is 63.8 Å². The van der Waals surface area contributed by atoms with Gasteiger partial charge in [0.15, 0.2) is 0 Å². The molecule has 1 amide bonds. The fourth-order valence-electron chi connectivity index (χ4n) is 4.72. The highest BCUT2D eigenvalue weighted by Gasteiger charge is 2.33. The van der Waals surface area contributed by atoms with E-state index >= 15 is 0 Å². The zero-order chi connectivity index (χ0) is 28.5. The van der Waals surface area contributed by atoms with Crippen LogP contribution in [0.15, 0.2) is 42.5 Å². The summed E-state index contributed by atoms with van der Waals surface area (Å²) in [7, 11) is 3.72. The number of likely N-dealkylation sites (N-methyl/N-ethyl adjacent to an activating group) is 1. The predicted molar refractivity (Wildman–Crippen MR) is 144 cm³/mol. The van der Waals surface area contributed by atoms with E-state index in [2.05, 4.69) is 15.2 Å². The third kappa shape index (κ3) is 6.56. The molecule has 3 aromatic rings. The number of halogens is 3. The zero-order valence-electron chi connectivity index (χ0n) is 22.2. The molecule has 208 valence electrons. The highest BCUT2D eigenvalue weighted by Crippen LogP contribution is 2.36. The summed E-state index contributed by atoms with van der Waals surface area (Å²) in [6.07, 6.45) is -4.71. The van der Waals surface area contributed by atoms with Gasteiger partial charge < -0.3 is 20.0 Å². The first-order chi connectivity index (χ1) is 18.3. The number of rotatable bonds is 7. The third-order valence-electron chi connectivity index (χ3n) is 6.72. The molecule has 1 unspecified atom stereocenters. The van der Waals surface area contributed by atoms with Gasteiger partial charge in [0.1, 0.15) is 0 Å². The number of fused-ring (bicyclic) bond motifs is 1. The average Bonchev–Trinajstić information content (AvgIpc) is 2.87. The number of aryl methyl sites for hydroxylation is 1. The third-order valence-corrected chi connectivity index (χ3v) is 6.72. The molecular weight excluding hydrogens is 513 g/mol. The second kappa shape index (κ2) is 11.0. The second-order valence-electron chi connectivity index (χ2n) is 10.1. The fourth-order valence-corrected chi connectivity index (χ4v) is 4.72. The summed E-state index contributed by atoms with van der Waals surface area (Å²) >= 11 is 0. The number of nitrogens with zero attached hydrogens (tertiary/aromatic N) is 5. The predicted octanol–water partition coefficient (Wildman–Crippen LogP) is 4.85. The van der Waals surface area contributed by atoms with Crippen LogP contribution in [0, 0.1) is 17.0 Å². The lowest BCUT2D eigenvalue weighted by atomic mass is 10.0. The number of amides is 1. The Bertz CT molecular complexity index is 1390. The molecule has 2 aromatic carbocycles. The van der Waals surface area contributed by atoms with Crippen LogP contribution in [0.3, 0.4) is 0 Å². The van der Waals surface area contributed by atoms with Crippen molar-refractivity contribution in [3.8, 4) is 0 Å². The molecule has 0 spiro atoms. The van der Waals surface area contributed by atoms with Crippen LogP contribution in [-0.4, -0.2) is 72.4 Å². The maximum Gasteiger partial charge on any atom is 0.416 e. The quantitative estimate of drug-likeness (QED) is 0.336. The number of hydrogen-bond donors (Lipinski definition) is 1. The molecule has 39 heavy (non-hydrogen) atoms. The molecule has 1 aliphatic rings. The summed E-state index contributed by atoms with van der Waals surface area (Å²) in [5.74, 6) is 0.0909. The Labute approximate surface area is 224 Å². The van der Waals surface area contributed by atoms with Gasteiger partial charge in [-0.3, -0.25) is 19.9 Å². The number of piperazine rings is 1. The van der Waals surface area contributed by atoms with Crippen molar-refractivity contribution >= 4 is 33.9 Å². The molecule has 1 aromatic heterocycles. The van der Waals surface area contributed by atoms with Crippen molar-refractivity contribution < 1.29 is 22.9 Å². The SMILES string of the molecule is Cc1cc(NC(C)c2cc([N+](=O)[O-])cc(C(F)(F)F)c2)c2cc(N3CCN(C(=O)CN(C)C)CC3)ccc2n1. The lowest BCUT2D eigenvalue weighted by molar-refractivity contribution is -0.385. The molecule has 0 radical (unpaired) electrons. The van der Waals surface area contributed by atoms with Crippen molar-refractivity contribution in [1.82, 2.24) is 14.8 Å². The number of aromatic nitrogens is 1. The van der Waals surface area contributed by atoms with E-state index in [4.69, 9.17) is 0 Å². The molecule has 0 aliphatic carbocycles. The van der Waals surface area contributed by atoms with E-state index in [-0.39, 0.29) is 11.5 Å². The molecular formula is C27H31F3N6O3. The zero-order valence-corrected chi connectivity index (χ0v) is 22.2. The first-order valence-corrected chi connectivity index (χ1v) is 12.5. The number of carbonyl (C=O) groups is 1. The summed E-state index contributed by atoms with van der Waals surface area (Å²) in [6.45, 7) is 6.38. The minimum Gasteiger partial charge on any atom is -0.378 e. The Balaban J connectivity index is 1.60. The smallest absolute Gasteiger partial charge is 0.378 e. The maximum absolute atomic E-state index is 13.4. The lowest BCUT2D eigenvalue weighted by Gasteiger charge is -2.36. The molecule has 12 heteroatoms. The van der Waals surface area contributed by atoms with E-state index in [1.165, 1.54) is 0 Å². The second-order valence-corrected chi connectivity index (χ2v) is 10.1. The van der Waals surface area contributed by atoms with Crippen molar-refractivity contribution in [3.63, 3.8) is 0 Å². The molecule has 1 saturated heterocycles. The number of nitro benzene ring substituents is 1. The molecule has 9 nitrogen and oxygen atoms in total. The van der Waals surface area contributed by atoms with Crippen LogP contribution in [-0.2, 0) is 11.0 Å². The molecule has 0 saturated carbocycles. The Morgan fingerprint density at radius 1 is 1.13 bits per heavy atom. The Hall–Kier alpha value is -3.93. The number of nitrogens with one attached hydrogen (secondary N) is 1. The number of benzene rings is 2. The normalized spacial score (nSPS) is 15.1. The van der Waals surface area contributed by atoms with E-state index in [1.54, 1.807) is 6.92 Å². The Kier molecular flexibility index (Phi) is 7.96. The van der Waals surface area contributed by atoms with Gasteiger partial charge in [-0.25, -0.2) is 0 Å². The average molecular weight is 545 g/mol. The summed E-state index contributed by atoms with van der Waals surface area (Å²) in [6, 6.07) is 9.62. The first-order valence-electron chi connectivity index (χ1n) is 12.5. The van der Waals surface area contributed by atoms with Gasteiger partial charge in [0.25, 0.3) is 5.69 Å². The van der Waals surface area contributed by atoms with Gasteiger partial charge in [0.2, 0.25) is 5.91 Å². The van der Waals surface area contributed by atoms with Crippen molar-refractivity contribution in [2.75, 3.05) is 57.0 Å². The van der Waals surface area contributed by atoms with E-state index in [9.17, 15) is 28.1 Å². The van der Waals surface area contributed by atoms with Gasteiger partial charge in [-0.15, -0.1) is 0 Å². The Morgan fingerprint density at radius 3 is 2.44 bits per heavy atom. The number of non-ortho nitro benzene ring substituents is 1. The van der Waals surface area contributed by atoms with Crippen LogP contribution in [0.2, 0.25) is 0 Å². The van der Waals surface area contributed by atoms with Crippen molar-refractivity contribution in [2.24, 2.45) is 0 Å². The van der Waals surface area contributed by atoms with Gasteiger partial charge >= 0.3 is 6.18 Å². The number of anilines is 2. The van der Waals surface area contributed by atoms with Crippen LogP contribution in [0.4, 0.5) is 30.2 Å². The highest BCUT2D eigenvalue weighted by atomic mass is 19.4. The lowest BCUT2D eigenvalue weighted by Crippen LogP contribution is -2.50. The van der Waals surface area contributed by atoms with Crippen LogP contribution in [0.25, 0.3) is 10.9 Å². The summed E-state index contributed by atoms with van der Waals surface area (Å²) in [5.41, 5.74) is 1.49. The van der Waals surface area contributed by atoms with Gasteiger partial charge in [0.05, 0.1) is 22.5 Å². The van der Waals surface area contributed by atoms with Crippen molar-refractivity contribution in [3.05, 3.63) is 69.4 Å². The van der Waals surface area contributed by atoms with Gasteiger partial charge in [-0.1, -0.05) is 0 Å². The Morgan fingerprint density at radius 2 is 1.82 bits per heavy atom. The van der Waals surface area contributed by atoms with Gasteiger partial charge in [-0.2, -0.15) is 13.2 Å². The van der Waals surface area contributed by atoms with Crippen molar-refractivity contribution in [1.29, 1.82) is 0 Å². The minimum absolute atomic E-state index is 0.0909. The largest absolute Gasteiger partial charge is 0.416 e. The summed E-state index contributed by atoms with van der Waals surface area (Å²) in [4.78, 5) is 33.4. The van der Waals surface area contributed by atoms with E-state index in [1.807, 2.05) is 55.1 Å². The highest BCUT2D eigenvalue weighted by molar-refractivity contribution is 5.94. The number of carbonyl (C=O) groups excluding carboxylic acids is 1. The first kappa shape index (κ1) is 28.1. The van der Waals surface area contributed by atoms with E-state index < -0.39 is 28.4 Å². The van der Waals surface area contributed by atoms with Crippen molar-refractivity contribution in [2.45, 2.75) is 26.1 Å². The van der Waals surface area contributed by atoms with Crippen LogP contribution in [0.1, 0.15) is 29.8 Å². The van der Waals surface area contributed by atoms with Crippen LogP contribution >= 0.6 is 0 Å². The number of alkyl halides is 3. The molecule has 1 atom stereocenters. The number of nitro groups is 1. The van der Waals surface area contributed by atoms with E-state index in [0.29, 0.717) is 55.7 Å². The fraction of sp³-hybridized carbons (Fsp3) is 0.407. The molecule has 0 bridgehead atoms. The monoisotopic (exact) mass is 544 g/mol. The standard InChI is InChI=1S/C27H31F3N6O3/c1-17-11-25(32-18(2)19-12-20(27(28,29)30)14-22(13-19)36(38)39)23-15-21(5-6-24(23)31-17)34-7-9-35(10-8-34)26(37)16-33(3)4/h5-6,11-15,18H,7-10,16H2,1-4H3,(H,31,32). The van der Waals surface area contributed by atoms with Crippen LogP contribution in [0.5, 0.6) is 0 Å². The molecule has 2 heterocycles. The number of hydrogen-bond acceptors (Lipinski definition) is 7. The minimum atomic E-state index is -4.71. The van der Waals surface area contributed by atoms with Gasteiger partial charge in [0, 0.05) is 66.8 Å². The summed E-state index contributed by atoms with van der Waals surface area (Å²) in [5, 5.41) is 15.3. The molecule has 1 N–H and O–H groups in total. The summed E-state index contributed by atoms with van der Waals surface area (Å²) < 4.78 is 40.3. The maximum atomic E-state index is 13.4. The molecule has 1 aliphatic heterocycles. The van der Waals surface area contributed by atoms with Crippen LogP contribution < -0.4 is 10.2 Å².